The van der Waals surface area contributed by atoms with E-state index in [4.69, 9.17) is 16.3 Å². The Hall–Kier alpha value is -2.24. The van der Waals surface area contributed by atoms with Crippen LogP contribution in [-0.2, 0) is 0 Å². The maximum Gasteiger partial charge on any atom is 0.254 e. The number of benzene rings is 2. The second-order valence-corrected chi connectivity index (χ2v) is 9.78. The molecule has 4 rings (SSSR count). The highest BCUT2D eigenvalue weighted by Crippen LogP contribution is 2.33. The fourth-order valence-electron chi connectivity index (χ4n) is 5.21. The molecular weight excluding hydrogens is 422 g/mol. The summed E-state index contributed by atoms with van der Waals surface area (Å²) in [4.78, 5) is 17.9. The fourth-order valence-corrected chi connectivity index (χ4v) is 5.39. The molecule has 2 aliphatic heterocycles. The summed E-state index contributed by atoms with van der Waals surface area (Å²) in [5, 5.41) is 4.28. The van der Waals surface area contributed by atoms with Gasteiger partial charge in [0.05, 0.1) is 7.11 Å². The number of rotatable bonds is 7. The van der Waals surface area contributed by atoms with Crippen LogP contribution < -0.4 is 10.1 Å². The number of carbonyl (C=O) groups excluding carboxylic acids is 1. The molecule has 1 amide bonds. The van der Waals surface area contributed by atoms with E-state index < -0.39 is 0 Å². The molecule has 2 saturated heterocycles. The van der Waals surface area contributed by atoms with Crippen LogP contribution in [0.4, 0.5) is 5.69 Å². The van der Waals surface area contributed by atoms with Crippen LogP contribution in [0.1, 0.15) is 33.5 Å². The first-order valence-electron chi connectivity index (χ1n) is 11.5. The molecule has 2 heterocycles. The van der Waals surface area contributed by atoms with Crippen LogP contribution in [0, 0.1) is 32.6 Å². The summed E-state index contributed by atoms with van der Waals surface area (Å²) in [7, 11) is 1.66. The Balaban J connectivity index is 1.24. The zero-order valence-electron chi connectivity index (χ0n) is 19.6. The maximum atomic E-state index is 13.2. The van der Waals surface area contributed by atoms with Crippen LogP contribution in [0.5, 0.6) is 5.75 Å². The number of ether oxygens (including phenoxy) is 1. The minimum atomic E-state index is 0.171. The number of likely N-dealkylation sites (tertiary alicyclic amines) is 2. The van der Waals surface area contributed by atoms with Gasteiger partial charge in [-0.25, -0.2) is 0 Å². The average molecular weight is 456 g/mol. The molecule has 1 N–H and O–H groups in total. The van der Waals surface area contributed by atoms with Crippen LogP contribution in [0.2, 0.25) is 5.02 Å². The summed E-state index contributed by atoms with van der Waals surface area (Å²) in [5.41, 5.74) is 5.01. The molecule has 2 aromatic rings. The fraction of sp³-hybridized carbons (Fsp3) is 0.500. The minimum Gasteiger partial charge on any atom is -0.497 e. The first-order valence-corrected chi connectivity index (χ1v) is 11.9. The minimum absolute atomic E-state index is 0.171. The number of hydrogen-bond acceptors (Lipinski definition) is 4. The molecule has 172 valence electrons. The molecule has 5 nitrogen and oxygen atoms in total. The van der Waals surface area contributed by atoms with Gasteiger partial charge in [0, 0.05) is 49.0 Å². The lowest BCUT2D eigenvalue weighted by atomic mass is 10.0. The lowest BCUT2D eigenvalue weighted by Gasteiger charge is -2.23. The molecule has 2 aliphatic rings. The first kappa shape index (κ1) is 22.9. The van der Waals surface area contributed by atoms with Gasteiger partial charge in [-0.15, -0.1) is 0 Å². The van der Waals surface area contributed by atoms with Crippen molar-refractivity contribution in [3.05, 3.63) is 57.6 Å². The number of carbonyl (C=O) groups is 1. The third-order valence-corrected chi connectivity index (χ3v) is 7.36. The Bertz CT molecular complexity index is 956. The van der Waals surface area contributed by atoms with E-state index in [1.54, 1.807) is 7.11 Å². The van der Waals surface area contributed by atoms with Gasteiger partial charge in [-0.3, -0.25) is 4.79 Å². The number of fused-ring (bicyclic) bond motifs is 1. The number of nitrogens with one attached hydrogen (secondary N) is 1. The number of hydrogen-bond donors (Lipinski definition) is 1. The van der Waals surface area contributed by atoms with Gasteiger partial charge in [-0.05, 0) is 86.5 Å². The summed E-state index contributed by atoms with van der Waals surface area (Å²) in [6, 6.07) is 10.0. The van der Waals surface area contributed by atoms with Crippen LogP contribution in [0.25, 0.3) is 0 Å². The maximum absolute atomic E-state index is 13.2. The van der Waals surface area contributed by atoms with E-state index >= 15 is 0 Å². The van der Waals surface area contributed by atoms with Gasteiger partial charge in [0.2, 0.25) is 0 Å². The Morgan fingerprint density at radius 1 is 1.03 bits per heavy atom. The van der Waals surface area contributed by atoms with Crippen LogP contribution in [0.15, 0.2) is 30.3 Å². The predicted octanol–water partition coefficient (Wildman–Crippen LogP) is 4.78. The van der Waals surface area contributed by atoms with Gasteiger partial charge < -0.3 is 19.9 Å². The van der Waals surface area contributed by atoms with E-state index in [2.05, 4.69) is 21.2 Å². The number of methoxy groups -OCH3 is 1. The zero-order chi connectivity index (χ0) is 22.8. The summed E-state index contributed by atoms with van der Waals surface area (Å²) < 4.78 is 5.34. The Morgan fingerprint density at radius 3 is 2.28 bits per heavy atom. The Morgan fingerprint density at radius 2 is 1.69 bits per heavy atom. The van der Waals surface area contributed by atoms with E-state index in [1.165, 1.54) is 0 Å². The molecule has 2 aromatic carbocycles. The average Bonchev–Trinajstić information content (AvgIpc) is 3.32. The molecule has 0 spiro atoms. The van der Waals surface area contributed by atoms with Gasteiger partial charge in [-0.1, -0.05) is 17.7 Å². The molecule has 6 heteroatoms. The Labute approximate surface area is 196 Å². The first-order chi connectivity index (χ1) is 15.4. The van der Waals surface area contributed by atoms with Crippen molar-refractivity contribution in [3.63, 3.8) is 0 Å². The van der Waals surface area contributed by atoms with Crippen molar-refractivity contribution in [1.29, 1.82) is 0 Å². The third-order valence-electron chi connectivity index (χ3n) is 6.96. The largest absolute Gasteiger partial charge is 0.497 e. The predicted molar refractivity (Wildman–Crippen MR) is 131 cm³/mol. The highest BCUT2D eigenvalue weighted by atomic mass is 35.5. The van der Waals surface area contributed by atoms with Crippen LogP contribution in [0.3, 0.4) is 0 Å². The van der Waals surface area contributed by atoms with Crippen molar-refractivity contribution in [2.45, 2.75) is 27.2 Å². The molecule has 2 fully saturated rings. The summed E-state index contributed by atoms with van der Waals surface area (Å²) in [5.74, 6) is 2.15. The summed E-state index contributed by atoms with van der Waals surface area (Å²) in [6.07, 6.45) is 1.10. The van der Waals surface area contributed by atoms with E-state index in [0.717, 1.165) is 84.4 Å². The third kappa shape index (κ3) is 4.89. The van der Waals surface area contributed by atoms with Gasteiger partial charge in [-0.2, -0.15) is 0 Å². The summed E-state index contributed by atoms with van der Waals surface area (Å²) in [6.45, 7) is 12.0. The van der Waals surface area contributed by atoms with Crippen LogP contribution >= 0.6 is 11.6 Å². The number of amides is 1. The number of nitrogens with zero attached hydrogens (tertiary/aromatic N) is 2. The molecule has 2 atom stereocenters. The lowest BCUT2D eigenvalue weighted by molar-refractivity contribution is 0.0772. The Kier molecular flexibility index (Phi) is 6.96. The quantitative estimate of drug-likeness (QED) is 0.610. The van der Waals surface area contributed by atoms with Crippen molar-refractivity contribution < 1.29 is 9.53 Å². The van der Waals surface area contributed by atoms with E-state index in [1.807, 2.05) is 45.0 Å². The van der Waals surface area contributed by atoms with Crippen molar-refractivity contribution in [2.24, 2.45) is 11.8 Å². The molecule has 0 aliphatic carbocycles. The van der Waals surface area contributed by atoms with Crippen molar-refractivity contribution in [2.75, 3.05) is 51.7 Å². The van der Waals surface area contributed by atoms with E-state index in [-0.39, 0.29) is 5.91 Å². The standard InChI is InChI=1S/C26H34ClN3O2/c1-17-6-7-22(12-24(17)27)28-8-5-9-29-13-20-15-30(16-21(20)14-29)26(31)25-18(2)10-23(32-4)11-19(25)3/h6-7,10-12,20-21,28H,5,8-9,13-16H2,1-4H3. The van der Waals surface area contributed by atoms with Gasteiger partial charge >= 0.3 is 0 Å². The van der Waals surface area contributed by atoms with E-state index in [9.17, 15) is 4.79 Å². The highest BCUT2D eigenvalue weighted by molar-refractivity contribution is 6.31. The topological polar surface area (TPSA) is 44.8 Å². The smallest absolute Gasteiger partial charge is 0.254 e. The number of aryl methyl sites for hydroxylation is 3. The SMILES string of the molecule is COc1cc(C)c(C(=O)N2CC3CN(CCCNc4ccc(C)c(Cl)c4)CC3C2)c(C)c1. The van der Waals surface area contributed by atoms with Gasteiger partial charge in [0.25, 0.3) is 5.91 Å². The lowest BCUT2D eigenvalue weighted by Crippen LogP contribution is -2.34. The van der Waals surface area contributed by atoms with Crippen molar-refractivity contribution in [1.82, 2.24) is 9.80 Å². The second kappa shape index (κ2) is 9.72. The molecular formula is C26H34ClN3O2. The molecule has 32 heavy (non-hydrogen) atoms. The zero-order valence-corrected chi connectivity index (χ0v) is 20.3. The molecule has 0 saturated carbocycles. The highest BCUT2D eigenvalue weighted by Gasteiger charge is 2.41. The van der Waals surface area contributed by atoms with Crippen molar-refractivity contribution >= 4 is 23.2 Å². The molecule has 0 bridgehead atoms. The number of halogens is 1. The number of anilines is 1. The normalized spacial score (nSPS) is 20.5. The van der Waals surface area contributed by atoms with E-state index in [0.29, 0.717) is 11.8 Å². The second-order valence-electron chi connectivity index (χ2n) is 9.37. The summed E-state index contributed by atoms with van der Waals surface area (Å²) >= 11 is 6.21. The van der Waals surface area contributed by atoms with Gasteiger partial charge in [0.1, 0.15) is 5.75 Å². The van der Waals surface area contributed by atoms with Gasteiger partial charge in [0.15, 0.2) is 0 Å². The van der Waals surface area contributed by atoms with Crippen molar-refractivity contribution in [3.8, 4) is 5.75 Å². The monoisotopic (exact) mass is 455 g/mol. The molecule has 0 radical (unpaired) electrons. The van der Waals surface area contributed by atoms with Crippen LogP contribution in [-0.4, -0.2) is 62.1 Å². The molecule has 2 unspecified atom stereocenters. The molecule has 0 aromatic heterocycles.